The molecule has 360 valence electrons. The third-order valence-electron chi connectivity index (χ3n) is 15.7. The van der Waals surface area contributed by atoms with Crippen LogP contribution in [0.15, 0.2) is 66.7 Å². The van der Waals surface area contributed by atoms with Crippen LogP contribution < -0.4 is 4.74 Å². The molecule has 0 radical (unpaired) electrons. The summed E-state index contributed by atoms with van der Waals surface area (Å²) in [5.74, 6) is 3.76. The van der Waals surface area contributed by atoms with Gasteiger partial charge in [0.1, 0.15) is 40.9 Å². The standard InChI is InChI=1S/C23H36.C21H20FNO2.C14H15F2N.I2/c1-16-5-9-22(10-6-16)23-11-7-20(8-12-23)15-21-13-17(2)19(4)18(3)14-21;1-14-2-4-15(5-3-14)16-6-8-17(9-7-16)21(24)25-19-11-10-18(13-23)20(22)12-19;1-9-2-4-10(5-3-9)11-6-13(15)12(8-17)14(16)7-11;1-2/h13-14,16,20,22-23H,5-12,15H2,1-4H3;6-12,14-15H,2-5H2,1H3;6-7,9-10H,2-5H2,1H3;. The molecule has 0 aromatic heterocycles. The summed E-state index contributed by atoms with van der Waals surface area (Å²) in [6, 6.07) is 22.1. The third kappa shape index (κ3) is 16.1. The Kier molecular flexibility index (Phi) is 22.1. The molecule has 0 atom stereocenters. The first kappa shape index (κ1) is 54.5. The fraction of sp³-hybridized carbons (Fsp3) is 0.534. The van der Waals surface area contributed by atoms with E-state index in [4.69, 9.17) is 15.3 Å². The zero-order valence-electron chi connectivity index (χ0n) is 40.6. The van der Waals surface area contributed by atoms with Crippen molar-refractivity contribution in [3.05, 3.63) is 134 Å². The Balaban J connectivity index is 0.000000188. The highest BCUT2D eigenvalue weighted by atomic mass is 128. The van der Waals surface area contributed by atoms with Gasteiger partial charge < -0.3 is 4.74 Å². The van der Waals surface area contributed by atoms with E-state index in [1.54, 1.807) is 29.8 Å². The molecule has 4 nitrogen and oxygen atoms in total. The fourth-order valence-electron chi connectivity index (χ4n) is 11.0. The minimum atomic E-state index is -0.735. The lowest BCUT2D eigenvalue weighted by molar-refractivity contribution is 0.0734. The predicted molar refractivity (Wildman–Crippen MR) is 283 cm³/mol. The highest BCUT2D eigenvalue weighted by molar-refractivity contribution is 15.0. The van der Waals surface area contributed by atoms with Gasteiger partial charge in [0.2, 0.25) is 0 Å². The van der Waals surface area contributed by atoms with Crippen LogP contribution in [0, 0.1) is 96.4 Å². The van der Waals surface area contributed by atoms with Crippen molar-refractivity contribution < 1.29 is 22.7 Å². The summed E-state index contributed by atoms with van der Waals surface area (Å²) in [6.45, 7) is 13.7. The smallest absolute Gasteiger partial charge is 0.343 e. The van der Waals surface area contributed by atoms with E-state index in [0.717, 1.165) is 61.3 Å². The normalized spacial score (nSPS) is 24.7. The second-order valence-corrected chi connectivity index (χ2v) is 20.5. The molecule has 67 heavy (non-hydrogen) atoms. The minimum Gasteiger partial charge on any atom is -0.423 e. The highest BCUT2D eigenvalue weighted by Gasteiger charge is 2.30. The van der Waals surface area contributed by atoms with Gasteiger partial charge in [0.25, 0.3) is 0 Å². The number of esters is 1. The maximum atomic E-state index is 13.6. The fourth-order valence-corrected chi connectivity index (χ4v) is 11.0. The van der Waals surface area contributed by atoms with Crippen LogP contribution in [0.4, 0.5) is 13.2 Å². The molecule has 0 aliphatic heterocycles. The van der Waals surface area contributed by atoms with Gasteiger partial charge in [0.15, 0.2) is 0 Å². The summed E-state index contributed by atoms with van der Waals surface area (Å²) in [5, 5.41) is 17.3. The van der Waals surface area contributed by atoms with Crippen molar-refractivity contribution in [3.8, 4) is 17.9 Å². The molecule has 0 amide bonds. The Hall–Kier alpha value is -3.42. The van der Waals surface area contributed by atoms with Gasteiger partial charge in [-0.15, -0.1) is 0 Å². The Labute approximate surface area is 423 Å². The Morgan fingerprint density at radius 1 is 0.582 bits per heavy atom. The first-order chi connectivity index (χ1) is 32.2. The van der Waals surface area contributed by atoms with Crippen LogP contribution in [0.25, 0.3) is 0 Å². The van der Waals surface area contributed by atoms with Gasteiger partial charge in [-0.25, -0.2) is 18.0 Å². The van der Waals surface area contributed by atoms with Gasteiger partial charge in [-0.3, -0.25) is 0 Å². The van der Waals surface area contributed by atoms with Gasteiger partial charge in [-0.2, -0.15) is 10.5 Å². The van der Waals surface area contributed by atoms with Gasteiger partial charge >= 0.3 is 5.97 Å². The Morgan fingerprint density at radius 3 is 1.51 bits per heavy atom. The van der Waals surface area contributed by atoms with Crippen LogP contribution in [-0.4, -0.2) is 5.97 Å². The van der Waals surface area contributed by atoms with Gasteiger partial charge in [-0.05, 0) is 209 Å². The number of benzene rings is 4. The molecule has 4 fully saturated rings. The maximum absolute atomic E-state index is 13.6. The summed E-state index contributed by atoms with van der Waals surface area (Å²) >= 11 is 4.24. The van der Waals surface area contributed by atoms with E-state index in [1.165, 1.54) is 130 Å². The molecule has 9 heteroatoms. The lowest BCUT2D eigenvalue weighted by Gasteiger charge is -2.37. The quantitative estimate of drug-likeness (QED) is 0.105. The van der Waals surface area contributed by atoms with Crippen LogP contribution in [0.2, 0.25) is 0 Å². The van der Waals surface area contributed by atoms with Gasteiger partial charge in [-0.1, -0.05) is 83.6 Å². The topological polar surface area (TPSA) is 73.9 Å². The van der Waals surface area contributed by atoms with Crippen molar-refractivity contribution in [1.29, 1.82) is 10.5 Å². The van der Waals surface area contributed by atoms with E-state index in [2.05, 4.69) is 90.9 Å². The summed E-state index contributed by atoms with van der Waals surface area (Å²) < 4.78 is 45.7. The summed E-state index contributed by atoms with van der Waals surface area (Å²) in [7, 11) is 0. The van der Waals surface area contributed by atoms with E-state index in [9.17, 15) is 18.0 Å². The number of aryl methyl sites for hydroxylation is 2. The van der Waals surface area contributed by atoms with Crippen molar-refractivity contribution in [1.82, 2.24) is 0 Å². The maximum Gasteiger partial charge on any atom is 0.343 e. The third-order valence-corrected chi connectivity index (χ3v) is 15.7. The van der Waals surface area contributed by atoms with Crippen LogP contribution in [0.1, 0.15) is 190 Å². The molecule has 0 unspecified atom stereocenters. The van der Waals surface area contributed by atoms with E-state index in [0.29, 0.717) is 23.0 Å². The number of carbonyl (C=O) groups is 1. The molecule has 0 spiro atoms. The van der Waals surface area contributed by atoms with Crippen molar-refractivity contribution in [2.45, 2.75) is 163 Å². The molecule has 0 heterocycles. The number of rotatable bonds is 7. The molecule has 8 rings (SSSR count). The molecule has 4 aliphatic carbocycles. The molecular formula is C58H71F3I2N2O2. The number of hydrogen-bond acceptors (Lipinski definition) is 4. The van der Waals surface area contributed by atoms with E-state index in [1.807, 2.05) is 12.1 Å². The molecular weight excluding hydrogens is 1070 g/mol. The second kappa shape index (κ2) is 27.1. The van der Waals surface area contributed by atoms with E-state index >= 15 is 0 Å². The molecule has 0 saturated heterocycles. The van der Waals surface area contributed by atoms with Crippen molar-refractivity contribution in [3.63, 3.8) is 0 Å². The van der Waals surface area contributed by atoms with E-state index < -0.39 is 29.0 Å². The van der Waals surface area contributed by atoms with Crippen molar-refractivity contribution >= 4 is 43.2 Å². The van der Waals surface area contributed by atoms with Crippen molar-refractivity contribution in [2.24, 2.45) is 35.5 Å². The SMILES string of the molecule is CC1CCC(c2cc(F)c(C#N)c(F)c2)CC1.CC1CCC(c2ccc(C(=O)Oc3ccc(C#N)c(F)c3)cc2)CC1.Cc1cc(CC2CCC(C3CCC(C)CC3)CC2)cc(C)c1C.II. The lowest BCUT2D eigenvalue weighted by atomic mass is 9.69. The van der Waals surface area contributed by atoms with Crippen molar-refractivity contribution in [2.75, 3.05) is 0 Å². The predicted octanol–water partition coefficient (Wildman–Crippen LogP) is 17.9. The largest absolute Gasteiger partial charge is 0.423 e. The highest BCUT2D eigenvalue weighted by Crippen LogP contribution is 2.42. The number of nitrogens with zero attached hydrogens (tertiary/aromatic N) is 2. The summed E-state index contributed by atoms with van der Waals surface area (Å²) in [4.78, 5) is 12.2. The number of halogens is 5. The average molecular weight is 1140 g/mol. The van der Waals surface area contributed by atoms with Gasteiger partial charge in [0, 0.05) is 43.3 Å². The van der Waals surface area contributed by atoms with Crippen LogP contribution in [0.3, 0.4) is 0 Å². The zero-order valence-corrected chi connectivity index (χ0v) is 44.9. The monoisotopic (exact) mass is 1140 g/mol. The van der Waals surface area contributed by atoms with E-state index in [-0.39, 0.29) is 17.2 Å². The molecule has 4 saturated carbocycles. The number of hydrogen-bond donors (Lipinski definition) is 0. The molecule has 0 N–H and O–H groups in total. The second-order valence-electron chi connectivity index (χ2n) is 20.5. The molecule has 4 aromatic carbocycles. The first-order valence-electron chi connectivity index (χ1n) is 24.8. The van der Waals surface area contributed by atoms with Crippen LogP contribution >= 0.6 is 37.2 Å². The van der Waals surface area contributed by atoms with Crippen LogP contribution in [-0.2, 0) is 6.42 Å². The average Bonchev–Trinajstić information content (AvgIpc) is 3.33. The summed E-state index contributed by atoms with van der Waals surface area (Å²) in [5.41, 5.74) is 7.85. The van der Waals surface area contributed by atoms with Crippen LogP contribution in [0.5, 0.6) is 5.75 Å². The molecule has 0 bridgehead atoms. The Morgan fingerprint density at radius 2 is 1.04 bits per heavy atom. The van der Waals surface area contributed by atoms with Gasteiger partial charge in [0.05, 0.1) is 11.1 Å². The number of nitriles is 2. The lowest BCUT2D eigenvalue weighted by Crippen LogP contribution is -2.25. The number of carbonyl (C=O) groups excluding carboxylic acids is 1. The zero-order chi connectivity index (χ0) is 48.6. The Bertz CT molecular complexity index is 2240. The summed E-state index contributed by atoms with van der Waals surface area (Å²) in [6.07, 6.45) is 22.4. The molecule has 4 aliphatic rings. The number of ether oxygens (including phenoxy) is 1. The molecule has 4 aromatic rings. The minimum absolute atomic E-state index is 0.0778. The first-order valence-corrected chi connectivity index (χ1v) is 31.1.